The van der Waals surface area contributed by atoms with Crippen LogP contribution in [0.4, 0.5) is 0 Å². The van der Waals surface area contributed by atoms with E-state index in [1.54, 1.807) is 11.1 Å². The third-order valence-electron chi connectivity index (χ3n) is 4.15. The molecule has 5 nitrogen and oxygen atoms in total. The Morgan fingerprint density at radius 2 is 2.29 bits per heavy atom. The van der Waals surface area contributed by atoms with Gasteiger partial charge in [0, 0.05) is 30.7 Å². The molecule has 0 saturated carbocycles. The van der Waals surface area contributed by atoms with Gasteiger partial charge in [-0.1, -0.05) is 27.4 Å². The lowest BCUT2D eigenvalue weighted by Crippen LogP contribution is -2.47. The van der Waals surface area contributed by atoms with Gasteiger partial charge in [-0.25, -0.2) is 9.97 Å². The van der Waals surface area contributed by atoms with Crippen LogP contribution in [-0.4, -0.2) is 31.4 Å². The maximum absolute atomic E-state index is 12.7. The van der Waals surface area contributed by atoms with E-state index in [0.29, 0.717) is 11.6 Å². The summed E-state index contributed by atoms with van der Waals surface area (Å²) in [6.45, 7) is 10.8. The molecule has 3 rings (SSSR count). The zero-order valence-corrected chi connectivity index (χ0v) is 12.7. The highest BCUT2D eigenvalue weighted by Gasteiger charge is 2.34. The third-order valence-corrected chi connectivity index (χ3v) is 4.15. The summed E-state index contributed by atoms with van der Waals surface area (Å²) in [4.78, 5) is 23.3. The Balaban J connectivity index is 2.19. The Labute approximate surface area is 124 Å². The van der Waals surface area contributed by atoms with Crippen LogP contribution >= 0.6 is 0 Å². The number of carbonyl (C=O) groups excluding carboxylic acids is 1. The number of fused-ring (bicyclic) bond motifs is 3. The Kier molecular flexibility index (Phi) is 3.27. The number of rotatable bonds is 3. The van der Waals surface area contributed by atoms with E-state index in [0.717, 1.165) is 29.8 Å². The largest absolute Gasteiger partial charge is 0.319 e. The molecule has 0 radical (unpaired) electrons. The number of hydrogen-bond donors (Lipinski definition) is 0. The van der Waals surface area contributed by atoms with Crippen LogP contribution in [0.3, 0.4) is 0 Å². The first-order valence-corrected chi connectivity index (χ1v) is 7.37. The lowest BCUT2D eigenvalue weighted by Gasteiger charge is -2.36. The van der Waals surface area contributed by atoms with Crippen LogP contribution < -0.4 is 0 Å². The quantitative estimate of drug-likeness (QED) is 0.870. The van der Waals surface area contributed by atoms with Crippen molar-refractivity contribution in [2.75, 3.05) is 0 Å². The Hall–Kier alpha value is -2.17. The SMILES string of the molecule is C=CN1C(=O)c2cc3cnc(CC)nc3n2C[C@@H]1C(C)C. The van der Waals surface area contributed by atoms with Crippen molar-refractivity contribution in [1.82, 2.24) is 19.4 Å². The predicted molar refractivity (Wildman–Crippen MR) is 81.9 cm³/mol. The fourth-order valence-electron chi connectivity index (χ4n) is 2.92. The maximum Gasteiger partial charge on any atom is 0.274 e. The zero-order chi connectivity index (χ0) is 15.1. The second-order valence-corrected chi connectivity index (χ2v) is 5.77. The van der Waals surface area contributed by atoms with Gasteiger partial charge in [0.05, 0.1) is 6.04 Å². The summed E-state index contributed by atoms with van der Waals surface area (Å²) >= 11 is 0. The minimum absolute atomic E-state index is 0.00833. The molecule has 2 aromatic heterocycles. The number of aryl methyl sites for hydroxylation is 1. The van der Waals surface area contributed by atoms with Crippen molar-refractivity contribution in [3.05, 3.63) is 36.6 Å². The molecule has 2 aromatic rings. The fourth-order valence-corrected chi connectivity index (χ4v) is 2.92. The lowest BCUT2D eigenvalue weighted by molar-refractivity contribution is 0.0654. The van der Waals surface area contributed by atoms with E-state index in [1.165, 1.54) is 0 Å². The van der Waals surface area contributed by atoms with E-state index < -0.39 is 0 Å². The van der Waals surface area contributed by atoms with Gasteiger partial charge in [-0.2, -0.15) is 0 Å². The second-order valence-electron chi connectivity index (χ2n) is 5.77. The molecular weight excluding hydrogens is 264 g/mol. The second kappa shape index (κ2) is 4.98. The molecule has 1 aliphatic rings. The number of amides is 1. The monoisotopic (exact) mass is 284 g/mol. The molecule has 0 aromatic carbocycles. The smallest absolute Gasteiger partial charge is 0.274 e. The molecule has 1 amide bonds. The summed E-state index contributed by atoms with van der Waals surface area (Å²) in [6, 6.07) is 1.99. The van der Waals surface area contributed by atoms with Crippen molar-refractivity contribution < 1.29 is 4.79 Å². The molecule has 0 saturated heterocycles. The van der Waals surface area contributed by atoms with Gasteiger partial charge in [0.15, 0.2) is 0 Å². The van der Waals surface area contributed by atoms with Gasteiger partial charge >= 0.3 is 0 Å². The van der Waals surface area contributed by atoms with Crippen LogP contribution in [0.5, 0.6) is 0 Å². The number of carbonyl (C=O) groups is 1. The molecule has 3 heterocycles. The van der Waals surface area contributed by atoms with Crippen LogP contribution in [-0.2, 0) is 13.0 Å². The molecular formula is C16H20N4O. The van der Waals surface area contributed by atoms with Gasteiger partial charge in [0.1, 0.15) is 17.2 Å². The summed E-state index contributed by atoms with van der Waals surface area (Å²) in [5, 5.41) is 0.920. The molecule has 0 aliphatic carbocycles. The van der Waals surface area contributed by atoms with Crippen molar-refractivity contribution in [3.8, 4) is 0 Å². The summed E-state index contributed by atoms with van der Waals surface area (Å²) in [5.74, 6) is 1.15. The minimum atomic E-state index is -0.00833. The molecule has 110 valence electrons. The van der Waals surface area contributed by atoms with E-state index in [4.69, 9.17) is 0 Å². The summed E-state index contributed by atoms with van der Waals surface area (Å²) in [6.07, 6.45) is 4.23. The average molecular weight is 284 g/mol. The van der Waals surface area contributed by atoms with Crippen LogP contribution in [0.25, 0.3) is 11.0 Å². The van der Waals surface area contributed by atoms with Crippen LogP contribution in [0.15, 0.2) is 25.0 Å². The third kappa shape index (κ3) is 2.04. The number of nitrogens with zero attached hydrogens (tertiary/aromatic N) is 4. The van der Waals surface area contributed by atoms with E-state index >= 15 is 0 Å². The van der Waals surface area contributed by atoms with Gasteiger partial charge < -0.3 is 9.47 Å². The van der Waals surface area contributed by atoms with Crippen molar-refractivity contribution in [2.45, 2.75) is 39.8 Å². The minimum Gasteiger partial charge on any atom is -0.319 e. The lowest BCUT2D eigenvalue weighted by atomic mass is 10.0. The Morgan fingerprint density at radius 3 is 2.90 bits per heavy atom. The topological polar surface area (TPSA) is 51.0 Å². The molecule has 21 heavy (non-hydrogen) atoms. The van der Waals surface area contributed by atoms with E-state index in [-0.39, 0.29) is 11.9 Å². The molecule has 0 N–H and O–H groups in total. The zero-order valence-electron chi connectivity index (χ0n) is 12.7. The van der Waals surface area contributed by atoms with E-state index in [1.807, 2.05) is 23.8 Å². The van der Waals surface area contributed by atoms with Gasteiger partial charge in [-0.05, 0) is 12.0 Å². The van der Waals surface area contributed by atoms with Crippen LogP contribution in [0.1, 0.15) is 37.1 Å². The molecule has 0 bridgehead atoms. The maximum atomic E-state index is 12.7. The van der Waals surface area contributed by atoms with Crippen LogP contribution in [0, 0.1) is 5.92 Å². The van der Waals surface area contributed by atoms with E-state index in [9.17, 15) is 4.79 Å². The van der Waals surface area contributed by atoms with Crippen molar-refractivity contribution in [1.29, 1.82) is 0 Å². The van der Waals surface area contributed by atoms with Gasteiger partial charge in [-0.15, -0.1) is 0 Å². The first kappa shape index (κ1) is 13.8. The highest BCUT2D eigenvalue weighted by molar-refractivity contribution is 5.99. The van der Waals surface area contributed by atoms with Gasteiger partial charge in [-0.3, -0.25) is 4.79 Å². The normalized spacial score (nSPS) is 18.4. The number of aromatic nitrogens is 3. The van der Waals surface area contributed by atoms with Crippen molar-refractivity contribution >= 4 is 16.9 Å². The summed E-state index contributed by atoms with van der Waals surface area (Å²) in [5.41, 5.74) is 1.53. The molecule has 0 fully saturated rings. The van der Waals surface area contributed by atoms with Gasteiger partial charge in [0.2, 0.25) is 0 Å². The van der Waals surface area contributed by atoms with E-state index in [2.05, 4.69) is 30.4 Å². The molecule has 0 unspecified atom stereocenters. The van der Waals surface area contributed by atoms with Crippen molar-refractivity contribution in [3.63, 3.8) is 0 Å². The molecule has 5 heteroatoms. The highest BCUT2D eigenvalue weighted by Crippen LogP contribution is 2.28. The van der Waals surface area contributed by atoms with Gasteiger partial charge in [0.25, 0.3) is 5.91 Å². The molecule has 1 atom stereocenters. The van der Waals surface area contributed by atoms with Crippen molar-refractivity contribution in [2.24, 2.45) is 5.92 Å². The Bertz CT molecular complexity index is 716. The summed E-state index contributed by atoms with van der Waals surface area (Å²) < 4.78 is 2.03. The predicted octanol–water partition coefficient (Wildman–Crippen LogP) is 2.62. The Morgan fingerprint density at radius 1 is 1.52 bits per heavy atom. The first-order valence-electron chi connectivity index (χ1n) is 7.37. The highest BCUT2D eigenvalue weighted by atomic mass is 16.2. The molecule has 0 spiro atoms. The first-order chi connectivity index (χ1) is 10.1. The molecule has 1 aliphatic heterocycles. The average Bonchev–Trinajstić information content (AvgIpc) is 2.85. The standard InChI is InChI=1S/C16H20N4O/c1-5-14-17-8-11-7-12-16(21)19(6-2)13(10(3)4)9-20(12)15(11)18-14/h6-8,10,13H,2,5,9H2,1,3-4H3/t13-/m1/s1. The summed E-state index contributed by atoms with van der Waals surface area (Å²) in [7, 11) is 0. The fraction of sp³-hybridized carbons (Fsp3) is 0.438. The number of hydrogen-bond acceptors (Lipinski definition) is 3. The van der Waals surface area contributed by atoms with Crippen LogP contribution in [0.2, 0.25) is 0 Å².